The fraction of sp³-hybridized carbons (Fsp3) is 0.312. The van der Waals surface area contributed by atoms with Gasteiger partial charge in [0.2, 0.25) is 0 Å². The first kappa shape index (κ1) is 14.3. The normalized spacial score (nSPS) is 10.6. The van der Waals surface area contributed by atoms with Crippen LogP contribution in [0.15, 0.2) is 34.7 Å². The third-order valence-corrected chi connectivity index (χ3v) is 3.10. The van der Waals surface area contributed by atoms with Gasteiger partial charge in [0.25, 0.3) is 5.91 Å². The van der Waals surface area contributed by atoms with Crippen LogP contribution in [0.4, 0.5) is 5.69 Å². The van der Waals surface area contributed by atoms with E-state index in [0.717, 1.165) is 11.3 Å². The fourth-order valence-corrected chi connectivity index (χ4v) is 1.79. The van der Waals surface area contributed by atoms with Gasteiger partial charge in [-0.25, -0.2) is 0 Å². The van der Waals surface area contributed by atoms with Crippen LogP contribution in [0.25, 0.3) is 0 Å². The molecule has 2 aromatic rings. The van der Waals surface area contributed by atoms with Gasteiger partial charge in [-0.3, -0.25) is 4.79 Å². The summed E-state index contributed by atoms with van der Waals surface area (Å²) in [6.07, 6.45) is 0. The number of hydrogen-bond acceptors (Lipinski definition) is 3. The molecule has 4 nitrogen and oxygen atoms in total. The van der Waals surface area contributed by atoms with E-state index in [-0.39, 0.29) is 11.7 Å². The molecule has 20 heavy (non-hydrogen) atoms. The van der Waals surface area contributed by atoms with Gasteiger partial charge in [0.1, 0.15) is 12.4 Å². The van der Waals surface area contributed by atoms with Crippen LogP contribution in [0.3, 0.4) is 0 Å². The number of furan rings is 1. The van der Waals surface area contributed by atoms with Crippen molar-refractivity contribution in [1.82, 2.24) is 0 Å². The van der Waals surface area contributed by atoms with E-state index in [1.165, 1.54) is 5.56 Å². The molecule has 1 aromatic carbocycles. The van der Waals surface area contributed by atoms with E-state index in [1.54, 1.807) is 12.1 Å². The second-order valence-corrected chi connectivity index (χ2v) is 4.66. The molecule has 106 valence electrons. The molecule has 1 heterocycles. The van der Waals surface area contributed by atoms with Crippen molar-refractivity contribution in [2.24, 2.45) is 0 Å². The van der Waals surface area contributed by atoms with Crippen LogP contribution in [0.1, 0.15) is 34.4 Å². The lowest BCUT2D eigenvalue weighted by atomic mass is 10.1. The van der Waals surface area contributed by atoms with Crippen LogP contribution in [-0.4, -0.2) is 12.5 Å². The number of nitrogens with one attached hydrogen (secondary N) is 1. The van der Waals surface area contributed by atoms with Crippen molar-refractivity contribution in [3.05, 3.63) is 53.0 Å². The van der Waals surface area contributed by atoms with Crippen molar-refractivity contribution < 1.29 is 13.9 Å². The average molecular weight is 273 g/mol. The minimum atomic E-state index is -0.254. The number of carbonyl (C=O) groups is 1. The topological polar surface area (TPSA) is 51.5 Å². The lowest BCUT2D eigenvalue weighted by Crippen LogP contribution is -2.11. The quantitative estimate of drug-likeness (QED) is 0.904. The molecule has 0 radical (unpaired) electrons. The Kier molecular flexibility index (Phi) is 4.58. The van der Waals surface area contributed by atoms with Crippen LogP contribution in [-0.2, 0) is 11.3 Å². The summed E-state index contributed by atoms with van der Waals surface area (Å²) in [5, 5.41) is 2.82. The molecule has 0 bridgehead atoms. The van der Waals surface area contributed by atoms with E-state index in [0.29, 0.717) is 19.0 Å². The molecule has 2 rings (SSSR count). The predicted molar refractivity (Wildman–Crippen MR) is 77.9 cm³/mol. The molecule has 0 spiro atoms. The van der Waals surface area contributed by atoms with Gasteiger partial charge in [0.05, 0.1) is 0 Å². The fourth-order valence-electron chi connectivity index (χ4n) is 1.79. The second-order valence-electron chi connectivity index (χ2n) is 4.66. The summed E-state index contributed by atoms with van der Waals surface area (Å²) >= 11 is 0. The highest BCUT2D eigenvalue weighted by atomic mass is 16.5. The Hall–Kier alpha value is -2.07. The number of carbonyl (C=O) groups excluding carboxylic acids is 1. The summed E-state index contributed by atoms with van der Waals surface area (Å²) < 4.78 is 10.7. The third kappa shape index (κ3) is 3.48. The molecule has 0 unspecified atom stereocenters. The van der Waals surface area contributed by atoms with Gasteiger partial charge >= 0.3 is 0 Å². The maximum Gasteiger partial charge on any atom is 0.291 e. The Labute approximate surface area is 118 Å². The van der Waals surface area contributed by atoms with Gasteiger partial charge in [0, 0.05) is 12.3 Å². The minimum Gasteiger partial charge on any atom is -0.453 e. The average Bonchev–Trinajstić information content (AvgIpc) is 2.89. The van der Waals surface area contributed by atoms with Crippen LogP contribution in [0.2, 0.25) is 0 Å². The lowest BCUT2D eigenvalue weighted by Gasteiger charge is -2.06. The number of amides is 1. The molecule has 1 amide bonds. The Morgan fingerprint density at radius 3 is 2.70 bits per heavy atom. The van der Waals surface area contributed by atoms with Crippen LogP contribution in [0.5, 0.6) is 0 Å². The molecule has 0 fully saturated rings. The molecule has 1 N–H and O–H groups in total. The zero-order valence-corrected chi connectivity index (χ0v) is 12.0. The Morgan fingerprint density at radius 2 is 2.00 bits per heavy atom. The van der Waals surface area contributed by atoms with Gasteiger partial charge in [0.15, 0.2) is 5.76 Å². The Morgan fingerprint density at radius 1 is 1.20 bits per heavy atom. The summed E-state index contributed by atoms with van der Waals surface area (Å²) in [5.41, 5.74) is 3.10. The molecule has 0 aliphatic rings. The van der Waals surface area contributed by atoms with Gasteiger partial charge in [-0.05, 0) is 56.2 Å². The van der Waals surface area contributed by atoms with Gasteiger partial charge in [-0.15, -0.1) is 0 Å². The zero-order chi connectivity index (χ0) is 14.5. The van der Waals surface area contributed by atoms with E-state index >= 15 is 0 Å². The first-order valence-corrected chi connectivity index (χ1v) is 6.65. The van der Waals surface area contributed by atoms with Crippen molar-refractivity contribution in [2.75, 3.05) is 11.9 Å². The van der Waals surface area contributed by atoms with Crippen molar-refractivity contribution in [3.63, 3.8) is 0 Å². The lowest BCUT2D eigenvalue weighted by molar-refractivity contribution is 0.0972. The molecule has 0 aliphatic heterocycles. The first-order valence-electron chi connectivity index (χ1n) is 6.65. The van der Waals surface area contributed by atoms with Crippen LogP contribution < -0.4 is 5.32 Å². The van der Waals surface area contributed by atoms with Crippen LogP contribution in [0, 0.1) is 13.8 Å². The van der Waals surface area contributed by atoms with Crippen molar-refractivity contribution in [2.45, 2.75) is 27.4 Å². The summed E-state index contributed by atoms with van der Waals surface area (Å²) in [4.78, 5) is 12.1. The number of ether oxygens (including phenoxy) is 1. The highest BCUT2D eigenvalue weighted by Crippen LogP contribution is 2.16. The van der Waals surface area contributed by atoms with Gasteiger partial charge < -0.3 is 14.5 Å². The zero-order valence-electron chi connectivity index (χ0n) is 12.0. The second kappa shape index (κ2) is 6.39. The van der Waals surface area contributed by atoms with E-state index < -0.39 is 0 Å². The van der Waals surface area contributed by atoms with E-state index in [2.05, 4.69) is 5.32 Å². The van der Waals surface area contributed by atoms with Gasteiger partial charge in [-0.2, -0.15) is 0 Å². The highest BCUT2D eigenvalue weighted by Gasteiger charge is 2.11. The van der Waals surface area contributed by atoms with E-state index in [1.807, 2.05) is 39.0 Å². The number of aryl methyl sites for hydroxylation is 2. The Balaban J connectivity index is 2.03. The van der Waals surface area contributed by atoms with Crippen molar-refractivity contribution >= 4 is 11.6 Å². The molecule has 4 heteroatoms. The van der Waals surface area contributed by atoms with Crippen molar-refractivity contribution in [3.8, 4) is 0 Å². The molecule has 0 saturated carbocycles. The molecule has 0 saturated heterocycles. The highest BCUT2D eigenvalue weighted by molar-refractivity contribution is 6.02. The standard InChI is InChI=1S/C16H19NO3/c1-4-19-10-14-7-8-15(20-14)16(18)17-13-6-5-11(2)12(3)9-13/h5-9H,4,10H2,1-3H3,(H,17,18). The minimum absolute atomic E-state index is 0.254. The summed E-state index contributed by atoms with van der Waals surface area (Å²) in [5.74, 6) is 0.686. The summed E-state index contributed by atoms with van der Waals surface area (Å²) in [7, 11) is 0. The number of hydrogen-bond donors (Lipinski definition) is 1. The number of anilines is 1. The summed E-state index contributed by atoms with van der Waals surface area (Å²) in [6, 6.07) is 9.21. The molecule has 0 aliphatic carbocycles. The molecule has 0 atom stereocenters. The molecular weight excluding hydrogens is 254 g/mol. The maximum atomic E-state index is 12.1. The maximum absolute atomic E-state index is 12.1. The van der Waals surface area contributed by atoms with Gasteiger partial charge in [-0.1, -0.05) is 6.07 Å². The predicted octanol–water partition coefficient (Wildman–Crippen LogP) is 3.69. The third-order valence-electron chi connectivity index (χ3n) is 3.10. The largest absolute Gasteiger partial charge is 0.453 e. The SMILES string of the molecule is CCOCc1ccc(C(=O)Nc2ccc(C)c(C)c2)o1. The van der Waals surface area contributed by atoms with Crippen LogP contribution >= 0.6 is 0 Å². The number of rotatable bonds is 5. The first-order chi connectivity index (χ1) is 9.60. The van der Waals surface area contributed by atoms with E-state index in [4.69, 9.17) is 9.15 Å². The molecular formula is C16H19NO3. The summed E-state index contributed by atoms with van der Waals surface area (Å²) in [6.45, 7) is 6.96. The van der Waals surface area contributed by atoms with Crippen molar-refractivity contribution in [1.29, 1.82) is 0 Å². The van der Waals surface area contributed by atoms with E-state index in [9.17, 15) is 4.79 Å². The molecule has 1 aromatic heterocycles. The smallest absolute Gasteiger partial charge is 0.291 e. The monoisotopic (exact) mass is 273 g/mol. The number of benzene rings is 1. The Bertz CT molecular complexity index is 602.